The lowest BCUT2D eigenvalue weighted by Gasteiger charge is -2.16. The Morgan fingerprint density at radius 1 is 1.03 bits per heavy atom. The molecule has 2 N–H and O–H groups in total. The third-order valence-electron chi connectivity index (χ3n) is 5.31. The topological polar surface area (TPSA) is 121 Å². The van der Waals surface area contributed by atoms with Crippen LogP contribution in [0.1, 0.15) is 0 Å². The molecular formula is C22H18ClN5O4S2. The fourth-order valence-corrected chi connectivity index (χ4v) is 6.15. The number of halogens is 1. The van der Waals surface area contributed by atoms with Crippen molar-refractivity contribution in [2.45, 2.75) is 4.90 Å². The molecule has 0 spiro atoms. The number of rotatable bonds is 5. The van der Waals surface area contributed by atoms with Gasteiger partial charge in [0.05, 0.1) is 26.8 Å². The van der Waals surface area contributed by atoms with Crippen LogP contribution in [0.4, 0.5) is 11.4 Å². The van der Waals surface area contributed by atoms with Crippen molar-refractivity contribution < 1.29 is 16.8 Å². The van der Waals surface area contributed by atoms with Crippen molar-refractivity contribution in [1.29, 1.82) is 0 Å². The Hall–Kier alpha value is -3.25. The molecule has 0 radical (unpaired) electrons. The molecule has 0 amide bonds. The van der Waals surface area contributed by atoms with Crippen LogP contribution in [-0.2, 0) is 20.2 Å². The van der Waals surface area contributed by atoms with Gasteiger partial charge < -0.3 is 0 Å². The molecule has 4 aromatic rings. The average Bonchev–Trinajstić information content (AvgIpc) is 3.19. The summed E-state index contributed by atoms with van der Waals surface area (Å²) in [6.07, 6.45) is 3.35. The molecule has 174 valence electrons. The van der Waals surface area contributed by atoms with E-state index in [4.69, 9.17) is 11.6 Å². The van der Waals surface area contributed by atoms with E-state index < -0.39 is 20.2 Å². The summed E-state index contributed by atoms with van der Waals surface area (Å²) in [6, 6.07) is 15.9. The van der Waals surface area contributed by atoms with Gasteiger partial charge in [-0.25, -0.2) is 13.4 Å². The van der Waals surface area contributed by atoms with Crippen LogP contribution in [0, 0.1) is 0 Å². The lowest BCUT2D eigenvalue weighted by Crippen LogP contribution is -2.29. The van der Waals surface area contributed by atoms with Crippen LogP contribution in [0.5, 0.6) is 0 Å². The number of fused-ring (bicyclic) bond motifs is 1. The molecule has 0 unspecified atom stereocenters. The molecule has 2 aromatic carbocycles. The van der Waals surface area contributed by atoms with Crippen molar-refractivity contribution in [3.63, 3.8) is 0 Å². The molecule has 0 bridgehead atoms. The largest absolute Gasteiger partial charge is 0.301 e. The predicted octanol–water partition coefficient (Wildman–Crippen LogP) is 3.41. The van der Waals surface area contributed by atoms with Gasteiger partial charge in [-0.05, 0) is 60.7 Å². The zero-order valence-corrected chi connectivity index (χ0v) is 19.9. The first-order valence-electron chi connectivity index (χ1n) is 10.1. The molecule has 0 atom stereocenters. The van der Waals surface area contributed by atoms with Gasteiger partial charge in [-0.1, -0.05) is 11.6 Å². The highest BCUT2D eigenvalue weighted by molar-refractivity contribution is 7.92. The van der Waals surface area contributed by atoms with E-state index in [9.17, 15) is 16.8 Å². The van der Waals surface area contributed by atoms with E-state index >= 15 is 0 Å². The molecule has 1 aliphatic rings. The summed E-state index contributed by atoms with van der Waals surface area (Å²) < 4.78 is 56.1. The lowest BCUT2D eigenvalue weighted by molar-refractivity contribution is 0.591. The molecule has 34 heavy (non-hydrogen) atoms. The number of nitrogens with one attached hydrogen (secondary N) is 2. The van der Waals surface area contributed by atoms with Crippen LogP contribution < -0.4 is 13.7 Å². The standard InChI is InChI=1S/C22H18ClN5O4S2/c23-20-7-2-16(13-19(20)22-8-1-15-14-24-10-9-21(15)26-22)27-33(29,30)18-5-3-17(4-6-18)28-12-11-25-34(28,31)32/h1-10,13-14,25,27H,11-12H2. The normalized spacial score (nSPS) is 15.5. The van der Waals surface area contributed by atoms with Gasteiger partial charge in [0, 0.05) is 42.1 Å². The summed E-state index contributed by atoms with van der Waals surface area (Å²) in [4.78, 5) is 8.67. The number of pyridine rings is 2. The second kappa shape index (κ2) is 8.51. The minimum absolute atomic E-state index is 0.00589. The Morgan fingerprint density at radius 2 is 1.82 bits per heavy atom. The third kappa shape index (κ3) is 4.30. The van der Waals surface area contributed by atoms with Gasteiger partial charge in [0.2, 0.25) is 0 Å². The van der Waals surface area contributed by atoms with Crippen LogP contribution >= 0.6 is 11.6 Å². The van der Waals surface area contributed by atoms with E-state index in [1.54, 1.807) is 42.7 Å². The van der Waals surface area contributed by atoms with E-state index in [1.807, 2.05) is 6.07 Å². The smallest absolute Gasteiger partial charge is 0.280 e. The van der Waals surface area contributed by atoms with Crippen molar-refractivity contribution in [2.75, 3.05) is 22.1 Å². The summed E-state index contributed by atoms with van der Waals surface area (Å²) in [6.45, 7) is 0.575. The maximum atomic E-state index is 13.0. The van der Waals surface area contributed by atoms with E-state index in [2.05, 4.69) is 19.4 Å². The first-order valence-corrected chi connectivity index (χ1v) is 13.4. The maximum absolute atomic E-state index is 13.0. The van der Waals surface area contributed by atoms with Crippen LogP contribution in [0.3, 0.4) is 0 Å². The molecule has 12 heteroatoms. The van der Waals surface area contributed by atoms with Crippen LogP contribution in [0.15, 0.2) is 78.0 Å². The van der Waals surface area contributed by atoms with Gasteiger partial charge in [0.1, 0.15) is 0 Å². The van der Waals surface area contributed by atoms with Crippen molar-refractivity contribution in [3.8, 4) is 11.3 Å². The number of sulfonamides is 1. The summed E-state index contributed by atoms with van der Waals surface area (Å²) in [5, 5.41) is 1.30. The van der Waals surface area contributed by atoms with Crippen LogP contribution in [0.2, 0.25) is 5.02 Å². The second-order valence-corrected chi connectivity index (χ2v) is 11.3. The van der Waals surface area contributed by atoms with Crippen LogP contribution in [-0.4, -0.2) is 39.9 Å². The molecule has 2 aromatic heterocycles. The first kappa shape index (κ1) is 22.5. The van der Waals surface area contributed by atoms with Crippen LogP contribution in [0.25, 0.3) is 22.2 Å². The molecule has 1 saturated heterocycles. The highest BCUT2D eigenvalue weighted by atomic mass is 35.5. The molecule has 0 saturated carbocycles. The molecule has 1 aliphatic heterocycles. The predicted molar refractivity (Wildman–Crippen MR) is 132 cm³/mol. The molecule has 9 nitrogen and oxygen atoms in total. The Morgan fingerprint density at radius 3 is 2.56 bits per heavy atom. The Bertz CT molecular complexity index is 1610. The lowest BCUT2D eigenvalue weighted by atomic mass is 10.1. The van der Waals surface area contributed by atoms with E-state index in [1.165, 1.54) is 28.6 Å². The second-order valence-electron chi connectivity index (χ2n) is 7.53. The highest BCUT2D eigenvalue weighted by Crippen LogP contribution is 2.31. The summed E-state index contributed by atoms with van der Waals surface area (Å²) in [5.74, 6) is 0. The fraction of sp³-hybridized carbons (Fsp3) is 0.0909. The Kier molecular flexibility index (Phi) is 5.64. The van der Waals surface area contributed by atoms with E-state index in [-0.39, 0.29) is 11.4 Å². The summed E-state index contributed by atoms with van der Waals surface area (Å²) in [7, 11) is -7.52. The number of aromatic nitrogens is 2. The van der Waals surface area contributed by atoms with Crippen molar-refractivity contribution in [3.05, 3.63) is 78.1 Å². The fourth-order valence-electron chi connectivity index (χ4n) is 3.65. The minimum Gasteiger partial charge on any atom is -0.280 e. The molecule has 3 heterocycles. The van der Waals surface area contributed by atoms with Crippen molar-refractivity contribution >= 4 is 54.1 Å². The number of anilines is 2. The van der Waals surface area contributed by atoms with Gasteiger partial charge in [-0.3, -0.25) is 14.0 Å². The Balaban J connectivity index is 1.42. The van der Waals surface area contributed by atoms with Gasteiger partial charge in [-0.2, -0.15) is 13.1 Å². The van der Waals surface area contributed by atoms with E-state index in [0.29, 0.717) is 34.2 Å². The first-order chi connectivity index (χ1) is 16.2. The molecule has 1 fully saturated rings. The van der Waals surface area contributed by atoms with Gasteiger partial charge >= 0.3 is 10.2 Å². The maximum Gasteiger partial charge on any atom is 0.301 e. The monoisotopic (exact) mass is 515 g/mol. The quantitative estimate of drug-likeness (QED) is 0.420. The zero-order chi connectivity index (χ0) is 23.9. The number of benzene rings is 2. The molecular weight excluding hydrogens is 498 g/mol. The minimum atomic E-state index is -3.93. The highest BCUT2D eigenvalue weighted by Gasteiger charge is 2.28. The van der Waals surface area contributed by atoms with E-state index in [0.717, 1.165) is 10.9 Å². The number of nitrogens with zero attached hydrogens (tertiary/aromatic N) is 3. The molecule has 5 rings (SSSR count). The molecule has 0 aliphatic carbocycles. The Labute approximate surface area is 201 Å². The van der Waals surface area contributed by atoms with Gasteiger partial charge in [-0.15, -0.1) is 0 Å². The van der Waals surface area contributed by atoms with Crippen molar-refractivity contribution in [1.82, 2.24) is 14.7 Å². The number of hydrogen-bond donors (Lipinski definition) is 2. The summed E-state index contributed by atoms with van der Waals surface area (Å²) in [5.41, 5.74) is 2.60. The summed E-state index contributed by atoms with van der Waals surface area (Å²) >= 11 is 6.38. The third-order valence-corrected chi connectivity index (χ3v) is 8.58. The number of hydrogen-bond acceptors (Lipinski definition) is 6. The van der Waals surface area contributed by atoms with Crippen molar-refractivity contribution in [2.24, 2.45) is 0 Å². The zero-order valence-electron chi connectivity index (χ0n) is 17.5. The van der Waals surface area contributed by atoms with Gasteiger partial charge in [0.25, 0.3) is 10.0 Å². The average molecular weight is 516 g/mol. The van der Waals surface area contributed by atoms with Gasteiger partial charge in [0.15, 0.2) is 0 Å². The SMILES string of the molecule is O=S(=O)(Nc1ccc(Cl)c(-c2ccc3cnccc3n2)c1)c1ccc(N2CCNS2(=O)=O)cc1.